The van der Waals surface area contributed by atoms with Gasteiger partial charge >= 0.3 is 0 Å². The molecule has 3 atom stereocenters. The summed E-state index contributed by atoms with van der Waals surface area (Å²) >= 11 is 0. The van der Waals surface area contributed by atoms with E-state index in [4.69, 9.17) is 0 Å². The zero-order valence-electron chi connectivity index (χ0n) is 13.0. The molecule has 0 spiro atoms. The van der Waals surface area contributed by atoms with Gasteiger partial charge in [-0.15, -0.1) is 0 Å². The van der Waals surface area contributed by atoms with Crippen molar-refractivity contribution in [3.8, 4) is 0 Å². The second kappa shape index (κ2) is 6.25. The Bertz CT molecular complexity index is 310. The highest BCUT2D eigenvalue weighted by atomic mass is 16.2. The molecule has 0 aromatic rings. The normalized spacial score (nSPS) is 30.6. The van der Waals surface area contributed by atoms with Gasteiger partial charge in [0.25, 0.3) is 0 Å². The zero-order chi connectivity index (χ0) is 14.0. The summed E-state index contributed by atoms with van der Waals surface area (Å²) in [6.07, 6.45) is 7.55. The molecule has 3 unspecified atom stereocenters. The first-order chi connectivity index (χ1) is 9.04. The monoisotopic (exact) mass is 266 g/mol. The minimum atomic E-state index is 0.0558. The summed E-state index contributed by atoms with van der Waals surface area (Å²) in [6, 6.07) is 0.419. The zero-order valence-corrected chi connectivity index (χ0v) is 13.0. The van der Waals surface area contributed by atoms with Gasteiger partial charge in [0, 0.05) is 6.04 Å². The highest BCUT2D eigenvalue weighted by molar-refractivity contribution is 5.84. The molecular weight excluding hydrogens is 236 g/mol. The van der Waals surface area contributed by atoms with Gasteiger partial charge in [0.1, 0.15) is 0 Å². The van der Waals surface area contributed by atoms with Crippen LogP contribution in [0.25, 0.3) is 0 Å². The first-order valence-corrected chi connectivity index (χ1v) is 8.12. The van der Waals surface area contributed by atoms with Gasteiger partial charge in [-0.05, 0) is 44.4 Å². The third-order valence-electron chi connectivity index (χ3n) is 4.77. The molecule has 2 rings (SSSR count). The van der Waals surface area contributed by atoms with Gasteiger partial charge < -0.3 is 4.90 Å². The molecule has 3 nitrogen and oxygen atoms in total. The average Bonchev–Trinajstić information content (AvgIpc) is 2.94. The fourth-order valence-corrected chi connectivity index (χ4v) is 3.89. The van der Waals surface area contributed by atoms with E-state index in [1.807, 2.05) is 0 Å². The molecule has 0 aromatic heterocycles. The predicted molar refractivity (Wildman–Crippen MR) is 78.7 cm³/mol. The molecule has 2 aliphatic rings. The standard InChI is InChI=1S/C16H30N2O/c1-5-14-16(19)18(12(4)10-11(2)3)15(17-14)13-8-6-7-9-13/h11-15,17H,5-10H2,1-4H3. The van der Waals surface area contributed by atoms with Crippen molar-refractivity contribution in [2.45, 2.75) is 84.5 Å². The number of hydrogen-bond donors (Lipinski definition) is 1. The molecule has 0 aromatic carbocycles. The van der Waals surface area contributed by atoms with E-state index < -0.39 is 0 Å². The van der Waals surface area contributed by atoms with Crippen LogP contribution in [0.4, 0.5) is 0 Å². The van der Waals surface area contributed by atoms with E-state index in [1.54, 1.807) is 0 Å². The van der Waals surface area contributed by atoms with Crippen molar-refractivity contribution in [3.05, 3.63) is 0 Å². The third-order valence-corrected chi connectivity index (χ3v) is 4.77. The lowest BCUT2D eigenvalue weighted by Gasteiger charge is -2.34. The second-order valence-corrected chi connectivity index (χ2v) is 6.84. The van der Waals surface area contributed by atoms with Crippen molar-refractivity contribution in [2.24, 2.45) is 11.8 Å². The van der Waals surface area contributed by atoms with Crippen LogP contribution in [-0.4, -0.2) is 29.1 Å². The maximum Gasteiger partial charge on any atom is 0.241 e. The summed E-state index contributed by atoms with van der Waals surface area (Å²) in [7, 11) is 0. The molecule has 19 heavy (non-hydrogen) atoms. The van der Waals surface area contributed by atoms with E-state index in [1.165, 1.54) is 25.7 Å². The van der Waals surface area contributed by atoms with Crippen molar-refractivity contribution in [3.63, 3.8) is 0 Å². The lowest BCUT2D eigenvalue weighted by atomic mass is 9.99. The van der Waals surface area contributed by atoms with E-state index >= 15 is 0 Å². The van der Waals surface area contributed by atoms with Gasteiger partial charge in [-0.1, -0.05) is 33.6 Å². The molecular formula is C16H30N2O. The largest absolute Gasteiger partial charge is 0.323 e. The van der Waals surface area contributed by atoms with Crippen LogP contribution in [0.5, 0.6) is 0 Å². The number of nitrogens with zero attached hydrogens (tertiary/aromatic N) is 1. The Morgan fingerprint density at radius 1 is 1.26 bits per heavy atom. The SMILES string of the molecule is CCC1NC(C2CCCC2)N(C(C)CC(C)C)C1=O. The Hall–Kier alpha value is -0.570. The van der Waals surface area contributed by atoms with E-state index in [2.05, 4.69) is 37.9 Å². The summed E-state index contributed by atoms with van der Waals surface area (Å²) in [4.78, 5) is 14.8. The molecule has 0 radical (unpaired) electrons. The van der Waals surface area contributed by atoms with Crippen LogP contribution in [-0.2, 0) is 4.79 Å². The molecule has 1 amide bonds. The maximum absolute atomic E-state index is 12.6. The van der Waals surface area contributed by atoms with Crippen LogP contribution >= 0.6 is 0 Å². The number of amides is 1. The first-order valence-electron chi connectivity index (χ1n) is 8.12. The molecule has 1 aliphatic carbocycles. The van der Waals surface area contributed by atoms with Crippen molar-refractivity contribution in [2.75, 3.05) is 0 Å². The number of carbonyl (C=O) groups is 1. The Kier molecular flexibility index (Phi) is 4.88. The summed E-state index contributed by atoms with van der Waals surface area (Å²) in [5, 5.41) is 3.61. The summed E-state index contributed by atoms with van der Waals surface area (Å²) in [5.41, 5.74) is 0. The highest BCUT2D eigenvalue weighted by Gasteiger charge is 2.44. The fourth-order valence-electron chi connectivity index (χ4n) is 3.89. The molecule has 1 saturated heterocycles. The Balaban J connectivity index is 2.11. The number of rotatable bonds is 5. The molecule has 1 saturated carbocycles. The van der Waals surface area contributed by atoms with E-state index in [-0.39, 0.29) is 6.04 Å². The van der Waals surface area contributed by atoms with Crippen LogP contribution in [0.2, 0.25) is 0 Å². The number of carbonyl (C=O) groups excluding carboxylic acids is 1. The lowest BCUT2D eigenvalue weighted by molar-refractivity contribution is -0.133. The highest BCUT2D eigenvalue weighted by Crippen LogP contribution is 2.34. The molecule has 110 valence electrons. The molecule has 3 heteroatoms. The molecule has 2 fully saturated rings. The molecule has 0 bridgehead atoms. The lowest BCUT2D eigenvalue weighted by Crippen LogP contribution is -2.47. The van der Waals surface area contributed by atoms with E-state index in [0.717, 1.165) is 12.8 Å². The minimum absolute atomic E-state index is 0.0558. The number of hydrogen-bond acceptors (Lipinski definition) is 2. The fraction of sp³-hybridized carbons (Fsp3) is 0.938. The van der Waals surface area contributed by atoms with Crippen LogP contribution in [0.15, 0.2) is 0 Å². The second-order valence-electron chi connectivity index (χ2n) is 6.84. The van der Waals surface area contributed by atoms with Crippen molar-refractivity contribution >= 4 is 5.91 Å². The Morgan fingerprint density at radius 2 is 1.89 bits per heavy atom. The van der Waals surface area contributed by atoms with Crippen LogP contribution in [0, 0.1) is 11.8 Å². The van der Waals surface area contributed by atoms with Crippen LogP contribution in [0.3, 0.4) is 0 Å². The maximum atomic E-state index is 12.6. The minimum Gasteiger partial charge on any atom is -0.323 e. The van der Waals surface area contributed by atoms with Gasteiger partial charge in [-0.25, -0.2) is 0 Å². The smallest absolute Gasteiger partial charge is 0.241 e. The van der Waals surface area contributed by atoms with Crippen LogP contribution < -0.4 is 5.32 Å². The van der Waals surface area contributed by atoms with Gasteiger partial charge in [-0.2, -0.15) is 0 Å². The summed E-state index contributed by atoms with van der Waals surface area (Å²) < 4.78 is 0. The van der Waals surface area contributed by atoms with Gasteiger partial charge in [0.05, 0.1) is 12.2 Å². The van der Waals surface area contributed by atoms with Crippen molar-refractivity contribution in [1.29, 1.82) is 0 Å². The molecule has 1 N–H and O–H groups in total. The molecule has 1 aliphatic heterocycles. The van der Waals surface area contributed by atoms with Crippen molar-refractivity contribution in [1.82, 2.24) is 10.2 Å². The number of nitrogens with one attached hydrogen (secondary N) is 1. The third kappa shape index (κ3) is 3.13. The summed E-state index contributed by atoms with van der Waals surface area (Å²) in [5.74, 6) is 1.66. The predicted octanol–water partition coefficient (Wildman–Crippen LogP) is 3.15. The Morgan fingerprint density at radius 3 is 2.42 bits per heavy atom. The van der Waals surface area contributed by atoms with Gasteiger partial charge in [0.2, 0.25) is 5.91 Å². The van der Waals surface area contributed by atoms with Gasteiger partial charge in [-0.3, -0.25) is 10.1 Å². The Labute approximate surface area is 118 Å². The average molecular weight is 266 g/mol. The topological polar surface area (TPSA) is 32.3 Å². The molecule has 1 heterocycles. The summed E-state index contributed by atoms with van der Waals surface area (Å²) in [6.45, 7) is 8.82. The van der Waals surface area contributed by atoms with Crippen LogP contribution in [0.1, 0.15) is 66.2 Å². The van der Waals surface area contributed by atoms with E-state index in [9.17, 15) is 4.79 Å². The van der Waals surface area contributed by atoms with Crippen molar-refractivity contribution < 1.29 is 4.79 Å². The first kappa shape index (κ1) is 14.8. The van der Waals surface area contributed by atoms with Gasteiger partial charge in [0.15, 0.2) is 0 Å². The van der Waals surface area contributed by atoms with E-state index in [0.29, 0.717) is 30.0 Å². The quantitative estimate of drug-likeness (QED) is 0.829.